The largest absolute Gasteiger partial charge is 0.316 e. The van der Waals surface area contributed by atoms with Crippen LogP contribution in [0, 0.1) is 11.8 Å². The van der Waals surface area contributed by atoms with Gasteiger partial charge in [0.15, 0.2) is 0 Å². The molecule has 0 aromatic rings. The molecule has 1 saturated carbocycles. The van der Waals surface area contributed by atoms with Crippen LogP contribution >= 0.6 is 0 Å². The molecule has 0 aromatic heterocycles. The molecule has 2 nitrogen and oxygen atoms in total. The highest BCUT2D eigenvalue weighted by Gasteiger charge is 2.35. The van der Waals surface area contributed by atoms with Gasteiger partial charge in [-0.15, -0.1) is 0 Å². The maximum Gasteiger partial charge on any atom is 0.0119 e. The van der Waals surface area contributed by atoms with E-state index in [-0.39, 0.29) is 0 Å². The third-order valence-electron chi connectivity index (χ3n) is 4.50. The predicted molar refractivity (Wildman–Crippen MR) is 74.2 cm³/mol. The number of piperidine rings is 1. The highest BCUT2D eigenvalue weighted by Crippen LogP contribution is 2.33. The van der Waals surface area contributed by atoms with Gasteiger partial charge in [-0.25, -0.2) is 0 Å². The predicted octanol–water partition coefficient (Wildman–Crippen LogP) is 2.89. The van der Waals surface area contributed by atoms with Crippen LogP contribution in [-0.4, -0.2) is 36.6 Å². The molecular weight excluding hydrogens is 208 g/mol. The van der Waals surface area contributed by atoms with E-state index in [0.29, 0.717) is 0 Å². The summed E-state index contributed by atoms with van der Waals surface area (Å²) in [7, 11) is 0. The molecule has 2 rings (SSSR count). The lowest BCUT2D eigenvalue weighted by Gasteiger charge is -2.37. The Morgan fingerprint density at radius 2 is 2.00 bits per heavy atom. The Balaban J connectivity index is 1.91. The van der Waals surface area contributed by atoms with E-state index in [9.17, 15) is 0 Å². The van der Waals surface area contributed by atoms with Crippen LogP contribution in [0.15, 0.2) is 0 Å². The van der Waals surface area contributed by atoms with Crippen molar-refractivity contribution in [1.82, 2.24) is 10.2 Å². The van der Waals surface area contributed by atoms with Crippen LogP contribution in [0.2, 0.25) is 0 Å². The molecule has 0 bridgehead atoms. The third kappa shape index (κ3) is 3.69. The van der Waals surface area contributed by atoms with E-state index < -0.39 is 0 Å². The minimum absolute atomic E-state index is 0.803. The molecule has 1 N–H and O–H groups in total. The van der Waals surface area contributed by atoms with Crippen LogP contribution in [0.25, 0.3) is 0 Å². The molecule has 100 valence electrons. The van der Waals surface area contributed by atoms with E-state index >= 15 is 0 Å². The van der Waals surface area contributed by atoms with Crippen molar-refractivity contribution in [3.63, 3.8) is 0 Å². The lowest BCUT2D eigenvalue weighted by molar-refractivity contribution is 0.110. The maximum absolute atomic E-state index is 3.56. The van der Waals surface area contributed by atoms with Crippen molar-refractivity contribution in [3.8, 4) is 0 Å². The quantitative estimate of drug-likeness (QED) is 0.765. The Morgan fingerprint density at radius 1 is 1.24 bits per heavy atom. The molecule has 2 unspecified atom stereocenters. The van der Waals surface area contributed by atoms with Crippen molar-refractivity contribution in [2.24, 2.45) is 11.8 Å². The average Bonchev–Trinajstić information content (AvgIpc) is 3.13. The summed E-state index contributed by atoms with van der Waals surface area (Å²) in [4.78, 5) is 2.85. The van der Waals surface area contributed by atoms with Gasteiger partial charge in [-0.3, -0.25) is 4.90 Å². The van der Waals surface area contributed by atoms with Gasteiger partial charge in [0.25, 0.3) is 0 Å². The van der Waals surface area contributed by atoms with E-state index in [1.165, 1.54) is 51.7 Å². The van der Waals surface area contributed by atoms with E-state index in [4.69, 9.17) is 0 Å². The molecule has 17 heavy (non-hydrogen) atoms. The highest BCUT2D eigenvalue weighted by molar-refractivity contribution is 4.91. The summed E-state index contributed by atoms with van der Waals surface area (Å²) < 4.78 is 0. The average molecular weight is 238 g/mol. The van der Waals surface area contributed by atoms with Gasteiger partial charge in [0.1, 0.15) is 0 Å². The summed E-state index contributed by atoms with van der Waals surface area (Å²) >= 11 is 0. The second kappa shape index (κ2) is 6.19. The van der Waals surface area contributed by atoms with E-state index in [0.717, 1.165) is 23.9 Å². The van der Waals surface area contributed by atoms with Gasteiger partial charge in [0.05, 0.1) is 0 Å². The van der Waals surface area contributed by atoms with Crippen LogP contribution in [-0.2, 0) is 0 Å². The molecule has 0 radical (unpaired) electrons. The Bertz CT molecular complexity index is 217. The zero-order valence-corrected chi connectivity index (χ0v) is 11.9. The number of hydrogen-bond acceptors (Lipinski definition) is 2. The summed E-state index contributed by atoms with van der Waals surface area (Å²) in [5.74, 6) is 1.70. The zero-order chi connectivity index (χ0) is 12.3. The van der Waals surface area contributed by atoms with Gasteiger partial charge in [-0.2, -0.15) is 0 Å². The van der Waals surface area contributed by atoms with Gasteiger partial charge in [0.2, 0.25) is 0 Å². The van der Waals surface area contributed by atoms with Crippen LogP contribution < -0.4 is 5.32 Å². The number of nitrogens with one attached hydrogen (secondary N) is 1. The highest BCUT2D eigenvalue weighted by atomic mass is 15.2. The first-order valence-corrected chi connectivity index (χ1v) is 7.68. The number of hydrogen-bond donors (Lipinski definition) is 1. The van der Waals surface area contributed by atoms with Crippen molar-refractivity contribution in [2.45, 2.75) is 65.0 Å². The zero-order valence-electron chi connectivity index (χ0n) is 11.9. The molecule has 0 amide bonds. The van der Waals surface area contributed by atoms with Gasteiger partial charge in [-0.05, 0) is 57.0 Å². The molecule has 1 heterocycles. The minimum Gasteiger partial charge on any atom is -0.316 e. The molecule has 2 aliphatic rings. The molecule has 1 aliphatic heterocycles. The summed E-state index contributed by atoms with van der Waals surface area (Å²) in [5, 5.41) is 3.56. The standard InChI is InChI=1S/C15H30N2/c1-4-15(12(2)3)17(14-7-8-14)11-13-6-5-9-16-10-13/h12-16H,4-11H2,1-3H3. The molecule has 0 aromatic carbocycles. The topological polar surface area (TPSA) is 15.3 Å². The Labute approximate surface area is 107 Å². The van der Waals surface area contributed by atoms with Gasteiger partial charge in [-0.1, -0.05) is 20.8 Å². The van der Waals surface area contributed by atoms with Crippen LogP contribution in [0.5, 0.6) is 0 Å². The summed E-state index contributed by atoms with van der Waals surface area (Å²) in [5.41, 5.74) is 0. The first kappa shape index (κ1) is 13.4. The van der Waals surface area contributed by atoms with Crippen molar-refractivity contribution in [1.29, 1.82) is 0 Å². The van der Waals surface area contributed by atoms with Crippen LogP contribution in [0.1, 0.15) is 52.9 Å². The molecular formula is C15H30N2. The molecule has 2 fully saturated rings. The van der Waals surface area contributed by atoms with Crippen LogP contribution in [0.3, 0.4) is 0 Å². The van der Waals surface area contributed by atoms with E-state index in [1.807, 2.05) is 0 Å². The Morgan fingerprint density at radius 3 is 2.47 bits per heavy atom. The fourth-order valence-electron chi connectivity index (χ4n) is 3.43. The summed E-state index contributed by atoms with van der Waals surface area (Å²) in [6.07, 6.45) is 7.02. The van der Waals surface area contributed by atoms with E-state index in [2.05, 4.69) is 31.0 Å². The Hall–Kier alpha value is -0.0800. The van der Waals surface area contributed by atoms with Gasteiger partial charge >= 0.3 is 0 Å². The first-order chi connectivity index (χ1) is 8.22. The molecule has 1 saturated heterocycles. The SMILES string of the molecule is CCC(C(C)C)N(CC1CCCNC1)C1CC1. The molecule has 1 aliphatic carbocycles. The normalized spacial score (nSPS) is 27.7. The van der Waals surface area contributed by atoms with Crippen molar-refractivity contribution >= 4 is 0 Å². The fraction of sp³-hybridized carbons (Fsp3) is 1.00. The maximum atomic E-state index is 3.56. The lowest BCUT2D eigenvalue weighted by atomic mass is 9.94. The second-order valence-electron chi connectivity index (χ2n) is 6.36. The van der Waals surface area contributed by atoms with Crippen molar-refractivity contribution < 1.29 is 0 Å². The van der Waals surface area contributed by atoms with Crippen LogP contribution in [0.4, 0.5) is 0 Å². The molecule has 2 atom stereocenters. The van der Waals surface area contributed by atoms with E-state index in [1.54, 1.807) is 0 Å². The third-order valence-corrected chi connectivity index (χ3v) is 4.50. The number of rotatable bonds is 6. The van der Waals surface area contributed by atoms with Crippen molar-refractivity contribution in [2.75, 3.05) is 19.6 Å². The summed E-state index contributed by atoms with van der Waals surface area (Å²) in [6, 6.07) is 1.73. The number of nitrogens with zero attached hydrogens (tertiary/aromatic N) is 1. The summed E-state index contributed by atoms with van der Waals surface area (Å²) in [6.45, 7) is 11.0. The van der Waals surface area contributed by atoms with Crippen molar-refractivity contribution in [3.05, 3.63) is 0 Å². The van der Waals surface area contributed by atoms with Gasteiger partial charge in [0, 0.05) is 18.6 Å². The fourth-order valence-corrected chi connectivity index (χ4v) is 3.43. The monoisotopic (exact) mass is 238 g/mol. The van der Waals surface area contributed by atoms with Gasteiger partial charge < -0.3 is 5.32 Å². The lowest BCUT2D eigenvalue weighted by Crippen LogP contribution is -2.46. The molecule has 0 spiro atoms. The smallest absolute Gasteiger partial charge is 0.0119 e. The first-order valence-electron chi connectivity index (χ1n) is 7.68. The minimum atomic E-state index is 0.803. The molecule has 2 heteroatoms. The Kier molecular flexibility index (Phi) is 4.87. The second-order valence-corrected chi connectivity index (χ2v) is 6.36.